The van der Waals surface area contributed by atoms with Gasteiger partial charge in [0, 0.05) is 37.0 Å². The maximum absolute atomic E-state index is 5.41. The van der Waals surface area contributed by atoms with E-state index in [4.69, 9.17) is 9.41 Å². The summed E-state index contributed by atoms with van der Waals surface area (Å²) in [5.41, 5.74) is 0. The number of halogens is 1. The zero-order chi connectivity index (χ0) is 18.7. The van der Waals surface area contributed by atoms with Gasteiger partial charge in [-0.2, -0.15) is 0 Å². The van der Waals surface area contributed by atoms with E-state index in [1.54, 1.807) is 17.6 Å². The molecule has 1 atom stereocenters. The van der Waals surface area contributed by atoms with Crippen molar-refractivity contribution >= 4 is 41.3 Å². The Morgan fingerprint density at radius 3 is 2.89 bits per heavy atom. The molecule has 1 aliphatic heterocycles. The lowest BCUT2D eigenvalue weighted by atomic mass is 10.0. The van der Waals surface area contributed by atoms with Gasteiger partial charge in [0.05, 0.1) is 12.8 Å². The Balaban J connectivity index is 0.00000280. The van der Waals surface area contributed by atoms with Crippen LogP contribution >= 0.6 is 35.3 Å². The van der Waals surface area contributed by atoms with Crippen LogP contribution in [0.4, 0.5) is 0 Å². The number of thiophene rings is 1. The number of rotatable bonds is 9. The second kappa shape index (κ2) is 13.2. The Kier molecular flexibility index (Phi) is 11.0. The molecular formula is C21H33IN4OS. The van der Waals surface area contributed by atoms with Crippen molar-refractivity contribution in [2.45, 2.75) is 51.6 Å². The van der Waals surface area contributed by atoms with Crippen LogP contribution < -0.4 is 10.6 Å². The van der Waals surface area contributed by atoms with Crippen LogP contribution in [-0.4, -0.2) is 43.1 Å². The van der Waals surface area contributed by atoms with E-state index in [2.05, 4.69) is 40.0 Å². The summed E-state index contributed by atoms with van der Waals surface area (Å²) in [6.45, 7) is 7.25. The maximum Gasteiger partial charge on any atom is 0.191 e. The van der Waals surface area contributed by atoms with Gasteiger partial charge in [0.25, 0.3) is 0 Å². The van der Waals surface area contributed by atoms with E-state index < -0.39 is 0 Å². The SMILES string of the molecule is CC1CCCCN1CCCNC(=NCc1cccs1)NCCc1ccco1.I. The van der Waals surface area contributed by atoms with Gasteiger partial charge in [-0.3, -0.25) is 0 Å². The summed E-state index contributed by atoms with van der Waals surface area (Å²) < 4.78 is 5.41. The third kappa shape index (κ3) is 8.13. The number of likely N-dealkylation sites (tertiary alicyclic amines) is 1. The third-order valence-corrected chi connectivity index (χ3v) is 5.93. The quantitative estimate of drug-likeness (QED) is 0.223. The molecule has 1 fully saturated rings. The molecule has 0 bridgehead atoms. The van der Waals surface area contributed by atoms with Gasteiger partial charge in [0.2, 0.25) is 0 Å². The summed E-state index contributed by atoms with van der Waals surface area (Å²) in [5, 5.41) is 9.04. The summed E-state index contributed by atoms with van der Waals surface area (Å²) in [7, 11) is 0. The van der Waals surface area contributed by atoms with Crippen molar-refractivity contribution < 1.29 is 4.42 Å². The van der Waals surface area contributed by atoms with Crippen molar-refractivity contribution in [1.29, 1.82) is 0 Å². The first kappa shape index (κ1) is 23.2. The second-order valence-corrected chi connectivity index (χ2v) is 8.19. The van der Waals surface area contributed by atoms with Gasteiger partial charge in [0.15, 0.2) is 5.96 Å². The fourth-order valence-corrected chi connectivity index (χ4v) is 4.10. The summed E-state index contributed by atoms with van der Waals surface area (Å²) in [4.78, 5) is 8.65. The van der Waals surface area contributed by atoms with Crippen LogP contribution in [0.1, 0.15) is 43.2 Å². The highest BCUT2D eigenvalue weighted by molar-refractivity contribution is 14.0. The van der Waals surface area contributed by atoms with E-state index in [0.29, 0.717) is 0 Å². The van der Waals surface area contributed by atoms with E-state index in [9.17, 15) is 0 Å². The molecular weight excluding hydrogens is 483 g/mol. The number of hydrogen-bond donors (Lipinski definition) is 2. The van der Waals surface area contributed by atoms with Gasteiger partial charge >= 0.3 is 0 Å². The average molecular weight is 516 g/mol. The standard InChI is InChI=1S/C21H32N4OS.HI/c1-18-7-2-3-13-25(18)14-6-11-22-21(24-17-20-9-5-16-27-20)23-12-10-19-8-4-15-26-19;/h4-5,8-9,15-16,18H,2-3,6-7,10-14,17H2,1H3,(H2,22,23,24);1H. The number of nitrogens with one attached hydrogen (secondary N) is 2. The molecule has 1 aliphatic rings. The van der Waals surface area contributed by atoms with E-state index in [1.165, 1.54) is 37.2 Å². The zero-order valence-corrected chi connectivity index (χ0v) is 19.9. The lowest BCUT2D eigenvalue weighted by Gasteiger charge is -2.33. The molecule has 3 rings (SSSR count). The van der Waals surface area contributed by atoms with Crippen molar-refractivity contribution in [2.75, 3.05) is 26.2 Å². The van der Waals surface area contributed by atoms with E-state index >= 15 is 0 Å². The van der Waals surface area contributed by atoms with E-state index in [-0.39, 0.29) is 24.0 Å². The van der Waals surface area contributed by atoms with Crippen LogP contribution in [0, 0.1) is 0 Å². The van der Waals surface area contributed by atoms with Crippen LogP contribution in [0.25, 0.3) is 0 Å². The van der Waals surface area contributed by atoms with Crippen LogP contribution in [0.5, 0.6) is 0 Å². The number of piperidine rings is 1. The largest absolute Gasteiger partial charge is 0.469 e. The fourth-order valence-electron chi connectivity index (χ4n) is 3.47. The Hall–Kier alpha value is -1.06. The van der Waals surface area contributed by atoms with Gasteiger partial charge in [-0.15, -0.1) is 35.3 Å². The molecule has 0 aliphatic carbocycles. The van der Waals surface area contributed by atoms with Gasteiger partial charge < -0.3 is 20.0 Å². The van der Waals surface area contributed by atoms with Gasteiger partial charge in [-0.05, 0) is 56.3 Å². The first-order valence-corrected chi connectivity index (χ1v) is 11.0. The van der Waals surface area contributed by atoms with Crippen LogP contribution in [0.15, 0.2) is 45.3 Å². The summed E-state index contributed by atoms with van der Waals surface area (Å²) in [6.07, 6.45) is 7.80. The molecule has 3 heterocycles. The molecule has 2 N–H and O–H groups in total. The minimum atomic E-state index is 0. The van der Waals surface area contributed by atoms with Crippen molar-refractivity contribution in [3.8, 4) is 0 Å². The first-order chi connectivity index (χ1) is 13.3. The minimum Gasteiger partial charge on any atom is -0.469 e. The predicted octanol–water partition coefficient (Wildman–Crippen LogP) is 4.50. The molecule has 7 heteroatoms. The van der Waals surface area contributed by atoms with Gasteiger partial charge in [-0.1, -0.05) is 12.5 Å². The molecule has 0 radical (unpaired) electrons. The normalized spacial score (nSPS) is 17.9. The molecule has 156 valence electrons. The minimum absolute atomic E-state index is 0. The smallest absolute Gasteiger partial charge is 0.191 e. The number of aliphatic imine (C=N–C) groups is 1. The van der Waals surface area contributed by atoms with E-state index in [0.717, 1.165) is 50.2 Å². The van der Waals surface area contributed by atoms with Crippen molar-refractivity contribution in [3.05, 3.63) is 46.5 Å². The molecule has 0 spiro atoms. The number of furan rings is 1. The monoisotopic (exact) mass is 516 g/mol. The molecule has 0 saturated carbocycles. The van der Waals surface area contributed by atoms with Crippen molar-refractivity contribution in [3.63, 3.8) is 0 Å². The Morgan fingerprint density at radius 2 is 2.14 bits per heavy atom. The molecule has 28 heavy (non-hydrogen) atoms. The number of guanidine groups is 1. The van der Waals surface area contributed by atoms with Crippen LogP contribution in [0.3, 0.4) is 0 Å². The van der Waals surface area contributed by atoms with Crippen molar-refractivity contribution in [2.24, 2.45) is 4.99 Å². The molecule has 0 aromatic carbocycles. The maximum atomic E-state index is 5.41. The zero-order valence-electron chi connectivity index (χ0n) is 16.7. The van der Waals surface area contributed by atoms with Gasteiger partial charge in [-0.25, -0.2) is 4.99 Å². The summed E-state index contributed by atoms with van der Waals surface area (Å²) >= 11 is 1.75. The second-order valence-electron chi connectivity index (χ2n) is 7.16. The highest BCUT2D eigenvalue weighted by Gasteiger charge is 2.17. The Labute approximate surface area is 190 Å². The van der Waals surface area contributed by atoms with E-state index in [1.807, 2.05) is 12.1 Å². The molecule has 0 amide bonds. The highest BCUT2D eigenvalue weighted by atomic mass is 127. The highest BCUT2D eigenvalue weighted by Crippen LogP contribution is 2.16. The topological polar surface area (TPSA) is 52.8 Å². The first-order valence-electron chi connectivity index (χ1n) is 10.1. The van der Waals surface area contributed by atoms with Crippen LogP contribution in [0.2, 0.25) is 0 Å². The average Bonchev–Trinajstić information content (AvgIpc) is 3.38. The van der Waals surface area contributed by atoms with Crippen LogP contribution in [-0.2, 0) is 13.0 Å². The molecule has 1 unspecified atom stereocenters. The Bertz CT molecular complexity index is 660. The summed E-state index contributed by atoms with van der Waals surface area (Å²) in [5.74, 6) is 1.89. The third-order valence-electron chi connectivity index (χ3n) is 5.07. The molecule has 2 aromatic heterocycles. The summed E-state index contributed by atoms with van der Waals surface area (Å²) in [6, 6.07) is 8.88. The predicted molar refractivity (Wildman–Crippen MR) is 129 cm³/mol. The number of nitrogens with zero attached hydrogens (tertiary/aromatic N) is 2. The Morgan fingerprint density at radius 1 is 1.25 bits per heavy atom. The number of hydrogen-bond acceptors (Lipinski definition) is 4. The molecule has 2 aromatic rings. The lowest BCUT2D eigenvalue weighted by Crippen LogP contribution is -2.41. The lowest BCUT2D eigenvalue weighted by molar-refractivity contribution is 0.159. The molecule has 5 nitrogen and oxygen atoms in total. The van der Waals surface area contributed by atoms with Gasteiger partial charge in [0.1, 0.15) is 5.76 Å². The fraction of sp³-hybridized carbons (Fsp3) is 0.571. The van der Waals surface area contributed by atoms with Crippen molar-refractivity contribution in [1.82, 2.24) is 15.5 Å². The molecule has 1 saturated heterocycles.